The number of fused-ring (bicyclic) bond motifs is 3. The van der Waals surface area contributed by atoms with E-state index in [-0.39, 0.29) is 5.78 Å². The molecular weight excluding hydrogens is 376 g/mol. The first-order valence-corrected chi connectivity index (χ1v) is 9.70. The molecule has 0 unspecified atom stereocenters. The van der Waals surface area contributed by atoms with E-state index in [1.54, 1.807) is 16.9 Å². The van der Waals surface area contributed by atoms with Gasteiger partial charge in [0, 0.05) is 48.1 Å². The van der Waals surface area contributed by atoms with E-state index in [1.807, 2.05) is 48.7 Å². The second-order valence-electron chi connectivity index (χ2n) is 7.40. The quantitative estimate of drug-likeness (QED) is 0.503. The van der Waals surface area contributed by atoms with Gasteiger partial charge in [-0.05, 0) is 35.4 Å². The van der Waals surface area contributed by atoms with Crippen LogP contribution in [0, 0.1) is 0 Å². The molecule has 30 heavy (non-hydrogen) atoms. The summed E-state index contributed by atoms with van der Waals surface area (Å²) in [6.45, 7) is 0. The number of hydrogen-bond donors (Lipinski definition) is 1. The average molecular weight is 392 g/mol. The number of Topliss-reactive ketones (excluding diaryl/α,β-unsaturated/α-hetero) is 1. The summed E-state index contributed by atoms with van der Waals surface area (Å²) in [5, 5.41) is 8.83. The van der Waals surface area contributed by atoms with Crippen LogP contribution < -0.4 is 5.32 Å². The smallest absolute Gasteiger partial charge is 0.247 e. The Labute approximate surface area is 171 Å². The monoisotopic (exact) mass is 392 g/mol. The zero-order valence-corrected chi connectivity index (χ0v) is 15.9. The molecule has 0 atom stereocenters. The van der Waals surface area contributed by atoms with E-state index >= 15 is 0 Å². The van der Waals surface area contributed by atoms with Crippen LogP contribution in [-0.2, 0) is 17.6 Å². The van der Waals surface area contributed by atoms with Gasteiger partial charge in [0.25, 0.3) is 0 Å². The number of hydrogen-bond acceptors (Lipinski definition) is 6. The van der Waals surface area contributed by atoms with Gasteiger partial charge in [-0.25, -0.2) is 4.52 Å². The second kappa shape index (κ2) is 6.45. The Balaban J connectivity index is 1.38. The summed E-state index contributed by atoms with van der Waals surface area (Å²) in [6, 6.07) is 16.0. The van der Waals surface area contributed by atoms with Crippen molar-refractivity contribution >= 4 is 34.0 Å². The maximum Gasteiger partial charge on any atom is 0.247 e. The number of aromatic nitrogens is 5. The van der Waals surface area contributed by atoms with Crippen LogP contribution in [0.3, 0.4) is 0 Å². The molecule has 0 bridgehead atoms. The minimum atomic E-state index is 0.257. The molecule has 1 N–H and O–H groups in total. The molecule has 0 radical (unpaired) electrons. The van der Waals surface area contributed by atoms with Gasteiger partial charge in [0.15, 0.2) is 5.65 Å². The number of anilines is 2. The van der Waals surface area contributed by atoms with Crippen LogP contribution in [0.4, 0.5) is 11.6 Å². The lowest BCUT2D eigenvalue weighted by molar-refractivity contribution is -0.117. The minimum absolute atomic E-state index is 0.257. The molecular formula is C23H16N6O. The zero-order valence-electron chi connectivity index (χ0n) is 15.9. The number of benzene rings is 2. The molecule has 0 fully saturated rings. The van der Waals surface area contributed by atoms with Gasteiger partial charge in [-0.15, -0.1) is 5.10 Å². The number of ketones is 1. The van der Waals surface area contributed by atoms with Crippen molar-refractivity contribution in [1.29, 1.82) is 0 Å². The highest BCUT2D eigenvalue weighted by atomic mass is 16.1. The van der Waals surface area contributed by atoms with Crippen LogP contribution in [-0.4, -0.2) is 30.3 Å². The van der Waals surface area contributed by atoms with Crippen LogP contribution in [0.2, 0.25) is 0 Å². The first-order chi connectivity index (χ1) is 14.7. The van der Waals surface area contributed by atoms with Gasteiger partial charge in [0.05, 0.1) is 5.52 Å². The number of carbonyl (C=O) groups excluding carboxylic acids is 1. The number of rotatable bonds is 3. The normalized spacial score (nSPS) is 13.1. The van der Waals surface area contributed by atoms with E-state index < -0.39 is 0 Å². The summed E-state index contributed by atoms with van der Waals surface area (Å²) in [6.07, 6.45) is 6.30. The molecule has 2 aromatic carbocycles. The standard InChI is InChI=1S/C23H16N6O/c30-19-11-14-5-6-18(10-16(14)12-19)26-23-27-22-21(24-7-8-29(22)28-23)17-9-15-3-1-2-4-20(15)25-13-17/h1-10,13H,11-12H2,(H,26,28). The Bertz CT molecular complexity index is 1460. The maximum absolute atomic E-state index is 11.7. The first kappa shape index (κ1) is 16.8. The molecule has 3 aromatic heterocycles. The van der Waals surface area contributed by atoms with E-state index in [2.05, 4.69) is 31.4 Å². The Kier molecular flexibility index (Phi) is 3.61. The number of pyridine rings is 1. The third kappa shape index (κ3) is 2.79. The fraction of sp³-hybridized carbons (Fsp3) is 0.0870. The van der Waals surface area contributed by atoms with Crippen LogP contribution in [0.25, 0.3) is 27.8 Å². The summed E-state index contributed by atoms with van der Waals surface area (Å²) < 4.78 is 1.71. The van der Waals surface area contributed by atoms with Crippen LogP contribution >= 0.6 is 0 Å². The Morgan fingerprint density at radius 2 is 1.87 bits per heavy atom. The van der Waals surface area contributed by atoms with E-state index in [1.165, 1.54) is 0 Å². The van der Waals surface area contributed by atoms with Gasteiger partial charge in [-0.1, -0.05) is 24.3 Å². The van der Waals surface area contributed by atoms with Crippen molar-refractivity contribution in [2.75, 3.05) is 5.32 Å². The van der Waals surface area contributed by atoms with Crippen molar-refractivity contribution in [2.24, 2.45) is 0 Å². The molecule has 0 amide bonds. The average Bonchev–Trinajstić information content (AvgIpc) is 3.34. The summed E-state index contributed by atoms with van der Waals surface area (Å²) in [4.78, 5) is 25.4. The van der Waals surface area contributed by atoms with E-state index in [0.717, 1.165) is 39.0 Å². The molecule has 0 spiro atoms. The van der Waals surface area contributed by atoms with E-state index in [0.29, 0.717) is 24.4 Å². The summed E-state index contributed by atoms with van der Waals surface area (Å²) in [5.74, 6) is 0.731. The topological polar surface area (TPSA) is 85.1 Å². The third-order valence-electron chi connectivity index (χ3n) is 5.36. The highest BCUT2D eigenvalue weighted by Crippen LogP contribution is 2.27. The Morgan fingerprint density at radius 3 is 2.83 bits per heavy atom. The SMILES string of the molecule is O=C1Cc2ccc(Nc3nc4c(-c5cnc6ccccc6c5)nccn4n3)cc2C1. The maximum atomic E-state index is 11.7. The Hall–Kier alpha value is -4.13. The van der Waals surface area contributed by atoms with Crippen LogP contribution in [0.15, 0.2) is 67.1 Å². The second-order valence-corrected chi connectivity index (χ2v) is 7.40. The number of carbonyl (C=O) groups is 1. The molecule has 3 heterocycles. The fourth-order valence-electron chi connectivity index (χ4n) is 3.93. The number of nitrogens with one attached hydrogen (secondary N) is 1. The van der Waals surface area contributed by atoms with E-state index in [9.17, 15) is 4.79 Å². The van der Waals surface area contributed by atoms with Crippen molar-refractivity contribution in [1.82, 2.24) is 24.6 Å². The molecule has 7 heteroatoms. The zero-order chi connectivity index (χ0) is 20.1. The number of para-hydroxylation sites is 1. The molecule has 5 aromatic rings. The van der Waals surface area contributed by atoms with Crippen molar-refractivity contribution in [3.63, 3.8) is 0 Å². The highest BCUT2D eigenvalue weighted by molar-refractivity contribution is 5.88. The first-order valence-electron chi connectivity index (χ1n) is 9.70. The van der Waals surface area contributed by atoms with Gasteiger partial charge in [-0.3, -0.25) is 14.8 Å². The molecule has 7 nitrogen and oxygen atoms in total. The highest BCUT2D eigenvalue weighted by Gasteiger charge is 2.19. The third-order valence-corrected chi connectivity index (χ3v) is 5.36. The van der Waals surface area contributed by atoms with Crippen molar-refractivity contribution in [3.05, 3.63) is 78.2 Å². The summed E-state index contributed by atoms with van der Waals surface area (Å²) in [5.41, 5.74) is 6.22. The van der Waals surface area contributed by atoms with Crippen molar-refractivity contribution < 1.29 is 4.79 Å². The van der Waals surface area contributed by atoms with Gasteiger partial charge < -0.3 is 5.32 Å². The van der Waals surface area contributed by atoms with Gasteiger partial charge >= 0.3 is 0 Å². The lowest BCUT2D eigenvalue weighted by atomic mass is 10.1. The lowest BCUT2D eigenvalue weighted by Crippen LogP contribution is -1.95. The molecule has 144 valence electrons. The summed E-state index contributed by atoms with van der Waals surface area (Å²) >= 11 is 0. The predicted molar refractivity (Wildman–Crippen MR) is 114 cm³/mol. The molecule has 6 rings (SSSR count). The minimum Gasteiger partial charge on any atom is -0.323 e. The molecule has 1 aliphatic rings. The van der Waals surface area contributed by atoms with Crippen molar-refractivity contribution in [3.8, 4) is 11.3 Å². The lowest BCUT2D eigenvalue weighted by Gasteiger charge is -2.04. The van der Waals surface area contributed by atoms with Gasteiger partial charge in [0.2, 0.25) is 5.95 Å². The van der Waals surface area contributed by atoms with Crippen molar-refractivity contribution in [2.45, 2.75) is 12.8 Å². The number of nitrogens with zero attached hydrogens (tertiary/aromatic N) is 5. The summed E-state index contributed by atoms with van der Waals surface area (Å²) in [7, 11) is 0. The van der Waals surface area contributed by atoms with Gasteiger partial charge in [0.1, 0.15) is 11.5 Å². The predicted octanol–water partition coefficient (Wildman–Crippen LogP) is 3.75. The largest absolute Gasteiger partial charge is 0.323 e. The molecule has 1 aliphatic carbocycles. The van der Waals surface area contributed by atoms with E-state index in [4.69, 9.17) is 0 Å². The molecule has 0 aliphatic heterocycles. The molecule has 0 saturated carbocycles. The Morgan fingerprint density at radius 1 is 0.967 bits per heavy atom. The van der Waals surface area contributed by atoms with Crippen LogP contribution in [0.5, 0.6) is 0 Å². The fourth-order valence-corrected chi connectivity index (χ4v) is 3.93. The van der Waals surface area contributed by atoms with Crippen LogP contribution in [0.1, 0.15) is 11.1 Å². The van der Waals surface area contributed by atoms with Gasteiger partial charge in [-0.2, -0.15) is 4.98 Å². The molecule has 0 saturated heterocycles.